The van der Waals surface area contributed by atoms with Crippen LogP contribution in [0.3, 0.4) is 0 Å². The molecule has 0 saturated carbocycles. The molecule has 0 N–H and O–H groups in total. The summed E-state index contributed by atoms with van der Waals surface area (Å²) >= 11 is 1.52. The zero-order valence-electron chi connectivity index (χ0n) is 10.5. The SMILES string of the molecule is COC(=O)c1ncn(Cc2csc(-c3ccoc3)n2)n1. The van der Waals surface area contributed by atoms with E-state index in [-0.39, 0.29) is 5.82 Å². The second-order valence-electron chi connectivity index (χ2n) is 3.91. The van der Waals surface area contributed by atoms with Crippen LogP contribution in [0.2, 0.25) is 0 Å². The molecule has 0 atom stereocenters. The van der Waals surface area contributed by atoms with E-state index in [2.05, 4.69) is 19.8 Å². The lowest BCUT2D eigenvalue weighted by atomic mass is 10.3. The van der Waals surface area contributed by atoms with Crippen LogP contribution in [-0.4, -0.2) is 32.8 Å². The Hall–Kier alpha value is -2.48. The first-order valence-electron chi connectivity index (χ1n) is 5.71. The van der Waals surface area contributed by atoms with Crippen molar-refractivity contribution in [3.63, 3.8) is 0 Å². The molecule has 3 rings (SSSR count). The standard InChI is InChI=1S/C12H10N4O3S/c1-18-12(17)10-13-7-16(15-10)4-9-6-20-11(14-9)8-2-3-19-5-8/h2-3,5-7H,4H2,1H3. The molecular formula is C12H10N4O3S. The summed E-state index contributed by atoms with van der Waals surface area (Å²) in [5, 5.41) is 6.83. The molecule has 0 amide bonds. The third kappa shape index (κ3) is 2.45. The number of rotatable bonds is 4. The zero-order chi connectivity index (χ0) is 13.9. The molecule has 3 heterocycles. The maximum atomic E-state index is 11.3. The van der Waals surface area contributed by atoms with Crippen molar-refractivity contribution < 1.29 is 13.9 Å². The van der Waals surface area contributed by atoms with Crippen LogP contribution in [0.4, 0.5) is 0 Å². The van der Waals surface area contributed by atoms with Crippen molar-refractivity contribution in [1.29, 1.82) is 0 Å². The number of ether oxygens (including phenoxy) is 1. The molecule has 7 nitrogen and oxygen atoms in total. The lowest BCUT2D eigenvalue weighted by molar-refractivity contribution is 0.0586. The molecule has 0 radical (unpaired) electrons. The van der Waals surface area contributed by atoms with E-state index in [4.69, 9.17) is 4.42 Å². The van der Waals surface area contributed by atoms with Crippen LogP contribution in [0, 0.1) is 0 Å². The molecule has 0 bridgehead atoms. The van der Waals surface area contributed by atoms with Gasteiger partial charge in [0.2, 0.25) is 0 Å². The molecular weight excluding hydrogens is 280 g/mol. The van der Waals surface area contributed by atoms with E-state index in [1.807, 2.05) is 11.4 Å². The first-order chi connectivity index (χ1) is 9.76. The van der Waals surface area contributed by atoms with Gasteiger partial charge in [0.25, 0.3) is 5.82 Å². The van der Waals surface area contributed by atoms with Gasteiger partial charge in [-0.3, -0.25) is 0 Å². The van der Waals surface area contributed by atoms with Crippen molar-refractivity contribution in [2.45, 2.75) is 6.54 Å². The number of thiazole rings is 1. The van der Waals surface area contributed by atoms with Gasteiger partial charge in [-0.1, -0.05) is 0 Å². The Kier molecular flexibility index (Phi) is 3.30. The summed E-state index contributed by atoms with van der Waals surface area (Å²) in [5.74, 6) is -0.515. The summed E-state index contributed by atoms with van der Waals surface area (Å²) < 4.78 is 11.1. The number of nitrogens with zero attached hydrogens (tertiary/aromatic N) is 4. The van der Waals surface area contributed by atoms with Crippen LogP contribution >= 0.6 is 11.3 Å². The summed E-state index contributed by atoms with van der Waals surface area (Å²) in [6, 6.07) is 1.85. The third-order valence-electron chi connectivity index (χ3n) is 2.55. The normalized spacial score (nSPS) is 10.7. The molecule has 20 heavy (non-hydrogen) atoms. The number of hydrogen-bond donors (Lipinski definition) is 0. The van der Waals surface area contributed by atoms with Crippen LogP contribution < -0.4 is 0 Å². The predicted molar refractivity (Wildman–Crippen MR) is 70.3 cm³/mol. The van der Waals surface area contributed by atoms with Crippen LogP contribution in [-0.2, 0) is 11.3 Å². The van der Waals surface area contributed by atoms with Crippen molar-refractivity contribution in [2.24, 2.45) is 0 Å². The molecule has 0 aliphatic rings. The maximum absolute atomic E-state index is 11.3. The average molecular weight is 290 g/mol. The summed E-state index contributed by atoms with van der Waals surface area (Å²) in [5.41, 5.74) is 1.78. The minimum atomic E-state index is -0.555. The molecule has 0 aliphatic carbocycles. The van der Waals surface area contributed by atoms with Crippen molar-refractivity contribution in [3.8, 4) is 10.6 Å². The highest BCUT2D eigenvalue weighted by Crippen LogP contribution is 2.24. The van der Waals surface area contributed by atoms with Gasteiger partial charge in [0, 0.05) is 10.9 Å². The Morgan fingerprint density at radius 3 is 3.20 bits per heavy atom. The molecule has 8 heteroatoms. The van der Waals surface area contributed by atoms with Gasteiger partial charge in [-0.15, -0.1) is 16.4 Å². The number of carbonyl (C=O) groups excluding carboxylic acids is 1. The highest BCUT2D eigenvalue weighted by molar-refractivity contribution is 7.13. The highest BCUT2D eigenvalue weighted by Gasteiger charge is 2.12. The van der Waals surface area contributed by atoms with E-state index in [1.54, 1.807) is 17.2 Å². The van der Waals surface area contributed by atoms with Crippen molar-refractivity contribution in [1.82, 2.24) is 19.7 Å². The Morgan fingerprint density at radius 2 is 2.45 bits per heavy atom. The van der Waals surface area contributed by atoms with Gasteiger partial charge in [0.1, 0.15) is 17.6 Å². The largest absolute Gasteiger partial charge is 0.472 e. The second-order valence-corrected chi connectivity index (χ2v) is 4.77. The van der Waals surface area contributed by atoms with E-state index < -0.39 is 5.97 Å². The quantitative estimate of drug-likeness (QED) is 0.682. The molecule has 0 fully saturated rings. The molecule has 0 spiro atoms. The number of carbonyl (C=O) groups is 1. The van der Waals surface area contributed by atoms with Crippen molar-refractivity contribution in [3.05, 3.63) is 41.8 Å². The summed E-state index contributed by atoms with van der Waals surface area (Å²) in [6.45, 7) is 0.443. The molecule has 0 saturated heterocycles. The highest BCUT2D eigenvalue weighted by atomic mass is 32.1. The minimum Gasteiger partial charge on any atom is -0.472 e. The number of hydrogen-bond acceptors (Lipinski definition) is 7. The lowest BCUT2D eigenvalue weighted by Crippen LogP contribution is -2.06. The van der Waals surface area contributed by atoms with Gasteiger partial charge in [0.15, 0.2) is 0 Å². The molecule has 0 aromatic carbocycles. The number of aromatic nitrogens is 4. The van der Waals surface area contributed by atoms with Crippen molar-refractivity contribution in [2.75, 3.05) is 7.11 Å². The van der Waals surface area contributed by atoms with E-state index >= 15 is 0 Å². The summed E-state index contributed by atoms with van der Waals surface area (Å²) in [6.07, 6.45) is 4.73. The molecule has 3 aromatic rings. The smallest absolute Gasteiger partial charge is 0.377 e. The summed E-state index contributed by atoms with van der Waals surface area (Å²) in [7, 11) is 1.29. The van der Waals surface area contributed by atoms with E-state index in [1.165, 1.54) is 24.8 Å². The molecule has 0 aliphatic heterocycles. The molecule has 102 valence electrons. The van der Waals surface area contributed by atoms with Gasteiger partial charge in [0.05, 0.1) is 25.6 Å². The summed E-state index contributed by atoms with van der Waals surface area (Å²) in [4.78, 5) is 19.6. The Balaban J connectivity index is 1.75. The molecule has 3 aromatic heterocycles. The zero-order valence-corrected chi connectivity index (χ0v) is 11.3. The van der Waals surface area contributed by atoms with Crippen LogP contribution in [0.25, 0.3) is 10.6 Å². The van der Waals surface area contributed by atoms with E-state index in [0.717, 1.165) is 16.3 Å². The third-order valence-corrected chi connectivity index (χ3v) is 3.49. The Labute approximate surface area is 117 Å². The number of methoxy groups -OCH3 is 1. The van der Waals surface area contributed by atoms with Gasteiger partial charge in [-0.2, -0.15) is 0 Å². The van der Waals surface area contributed by atoms with Crippen LogP contribution in [0.5, 0.6) is 0 Å². The lowest BCUT2D eigenvalue weighted by Gasteiger charge is -1.95. The van der Waals surface area contributed by atoms with E-state index in [0.29, 0.717) is 6.54 Å². The van der Waals surface area contributed by atoms with Gasteiger partial charge >= 0.3 is 5.97 Å². The monoisotopic (exact) mass is 290 g/mol. The van der Waals surface area contributed by atoms with Gasteiger partial charge in [-0.25, -0.2) is 19.4 Å². The Morgan fingerprint density at radius 1 is 1.55 bits per heavy atom. The second kappa shape index (κ2) is 5.25. The van der Waals surface area contributed by atoms with Crippen molar-refractivity contribution >= 4 is 17.3 Å². The fourth-order valence-corrected chi connectivity index (χ4v) is 2.42. The maximum Gasteiger partial charge on any atom is 0.377 e. The fraction of sp³-hybridized carbons (Fsp3) is 0.167. The number of esters is 1. The predicted octanol–water partition coefficient (Wildman–Crippen LogP) is 1.83. The fourth-order valence-electron chi connectivity index (χ4n) is 1.62. The Bertz CT molecular complexity index is 717. The first-order valence-corrected chi connectivity index (χ1v) is 6.59. The van der Waals surface area contributed by atoms with Gasteiger partial charge in [-0.05, 0) is 6.07 Å². The number of furan rings is 1. The average Bonchev–Trinajstić information content (AvgIpc) is 3.19. The van der Waals surface area contributed by atoms with Crippen LogP contribution in [0.15, 0.2) is 34.7 Å². The minimum absolute atomic E-state index is 0.0396. The molecule has 0 unspecified atom stereocenters. The first kappa shape index (κ1) is 12.5. The van der Waals surface area contributed by atoms with Gasteiger partial charge < -0.3 is 9.15 Å². The topological polar surface area (TPSA) is 83.0 Å². The van der Waals surface area contributed by atoms with E-state index in [9.17, 15) is 4.79 Å². The van der Waals surface area contributed by atoms with Crippen LogP contribution in [0.1, 0.15) is 16.3 Å².